The molecule has 2 aliphatic rings. The average molecular weight is 486 g/mol. The summed E-state index contributed by atoms with van der Waals surface area (Å²) in [4.78, 5) is 33.8. The standard InChI is InChI=1S/C26H35N3O4S/c1-26(2,3)33-25(31)29-15-11-19(12-16-29)23-27-21(17-34-23)24(30)28-13-9-18(10-14-28)20-7-5-6-8-22(20)32-4/h5-8,17-19H,9-16H2,1-4H3. The second-order valence-corrected chi connectivity index (χ2v) is 11.0. The van der Waals surface area contributed by atoms with Crippen molar-refractivity contribution in [3.8, 4) is 5.75 Å². The molecular weight excluding hydrogens is 450 g/mol. The van der Waals surface area contributed by atoms with Crippen molar-refractivity contribution >= 4 is 23.3 Å². The zero-order valence-corrected chi connectivity index (χ0v) is 21.4. The number of carbonyl (C=O) groups excluding carboxylic acids is 2. The Morgan fingerprint density at radius 3 is 2.24 bits per heavy atom. The Kier molecular flexibility index (Phi) is 7.45. The molecule has 34 heavy (non-hydrogen) atoms. The molecule has 0 radical (unpaired) electrons. The summed E-state index contributed by atoms with van der Waals surface area (Å²) in [6.45, 7) is 8.40. The fraction of sp³-hybridized carbons (Fsp3) is 0.577. The molecule has 4 rings (SSSR count). The Balaban J connectivity index is 1.30. The van der Waals surface area contributed by atoms with Crippen LogP contribution in [0.25, 0.3) is 0 Å². The van der Waals surface area contributed by atoms with Crippen LogP contribution in [-0.2, 0) is 4.74 Å². The molecule has 0 bridgehead atoms. The number of hydrogen-bond acceptors (Lipinski definition) is 6. The van der Waals surface area contributed by atoms with E-state index in [9.17, 15) is 9.59 Å². The molecule has 0 N–H and O–H groups in total. The van der Waals surface area contributed by atoms with Crippen LogP contribution in [0.2, 0.25) is 0 Å². The molecule has 1 aromatic heterocycles. The first-order chi connectivity index (χ1) is 16.2. The molecule has 0 spiro atoms. The van der Waals surface area contributed by atoms with Crippen LogP contribution in [0.15, 0.2) is 29.6 Å². The number of benzene rings is 1. The van der Waals surface area contributed by atoms with E-state index in [2.05, 4.69) is 6.07 Å². The number of piperidine rings is 2. The van der Waals surface area contributed by atoms with E-state index in [1.807, 2.05) is 49.3 Å². The van der Waals surface area contributed by atoms with Crippen LogP contribution in [0.1, 0.15) is 79.3 Å². The minimum Gasteiger partial charge on any atom is -0.496 e. The summed E-state index contributed by atoms with van der Waals surface area (Å²) in [5.74, 6) is 1.63. The van der Waals surface area contributed by atoms with E-state index in [0.717, 1.165) is 49.5 Å². The van der Waals surface area contributed by atoms with Gasteiger partial charge in [-0.1, -0.05) is 18.2 Å². The highest BCUT2D eigenvalue weighted by Crippen LogP contribution is 2.35. The second kappa shape index (κ2) is 10.3. The van der Waals surface area contributed by atoms with Crippen LogP contribution in [0.4, 0.5) is 4.79 Å². The zero-order valence-electron chi connectivity index (χ0n) is 20.6. The molecular formula is C26H35N3O4S. The lowest BCUT2D eigenvalue weighted by Gasteiger charge is -2.33. The third-order valence-electron chi connectivity index (χ3n) is 6.60. The van der Waals surface area contributed by atoms with Gasteiger partial charge in [0.1, 0.15) is 17.0 Å². The maximum Gasteiger partial charge on any atom is 0.410 e. The normalized spacial score (nSPS) is 18.1. The van der Waals surface area contributed by atoms with Gasteiger partial charge in [0.2, 0.25) is 0 Å². The Bertz CT molecular complexity index is 999. The summed E-state index contributed by atoms with van der Waals surface area (Å²) in [6, 6.07) is 8.16. The van der Waals surface area contributed by atoms with E-state index in [1.54, 1.807) is 23.3 Å². The molecule has 8 heteroatoms. The summed E-state index contributed by atoms with van der Waals surface area (Å²) in [7, 11) is 1.71. The summed E-state index contributed by atoms with van der Waals surface area (Å²) in [5.41, 5.74) is 1.29. The quantitative estimate of drug-likeness (QED) is 0.589. The van der Waals surface area contributed by atoms with Gasteiger partial charge in [-0.05, 0) is 64.0 Å². The smallest absolute Gasteiger partial charge is 0.410 e. The van der Waals surface area contributed by atoms with E-state index in [1.165, 1.54) is 5.56 Å². The Morgan fingerprint density at radius 2 is 1.59 bits per heavy atom. The molecule has 0 aliphatic carbocycles. The topological polar surface area (TPSA) is 72.0 Å². The lowest BCUT2D eigenvalue weighted by Crippen LogP contribution is -2.41. The predicted octanol–water partition coefficient (Wildman–Crippen LogP) is 5.29. The van der Waals surface area contributed by atoms with Crippen molar-refractivity contribution in [3.05, 3.63) is 45.9 Å². The summed E-state index contributed by atoms with van der Waals surface area (Å²) in [6.07, 6.45) is 3.27. The lowest BCUT2D eigenvalue weighted by atomic mass is 9.88. The highest BCUT2D eigenvalue weighted by molar-refractivity contribution is 7.09. The van der Waals surface area contributed by atoms with Gasteiger partial charge in [0.05, 0.1) is 12.1 Å². The number of thiazole rings is 1. The number of hydrogen-bond donors (Lipinski definition) is 0. The number of likely N-dealkylation sites (tertiary alicyclic amines) is 2. The van der Waals surface area contributed by atoms with Gasteiger partial charge < -0.3 is 19.3 Å². The number of amides is 2. The molecule has 1 aromatic carbocycles. The highest BCUT2D eigenvalue weighted by atomic mass is 32.1. The second-order valence-electron chi connectivity index (χ2n) is 10.1. The molecule has 0 unspecified atom stereocenters. The van der Waals surface area contributed by atoms with Gasteiger partial charge in [0, 0.05) is 37.5 Å². The van der Waals surface area contributed by atoms with Crippen molar-refractivity contribution in [2.75, 3.05) is 33.3 Å². The Morgan fingerprint density at radius 1 is 0.971 bits per heavy atom. The molecule has 184 valence electrons. The van der Waals surface area contributed by atoms with Crippen molar-refractivity contribution in [2.24, 2.45) is 0 Å². The molecule has 2 saturated heterocycles. The third-order valence-corrected chi connectivity index (χ3v) is 7.61. The molecule has 2 aliphatic heterocycles. The molecule has 2 fully saturated rings. The Labute approximate surface area is 206 Å². The molecule has 0 saturated carbocycles. The fourth-order valence-corrected chi connectivity index (χ4v) is 5.73. The zero-order chi connectivity index (χ0) is 24.3. The van der Waals surface area contributed by atoms with Gasteiger partial charge in [-0.3, -0.25) is 4.79 Å². The van der Waals surface area contributed by atoms with Crippen molar-refractivity contribution < 1.29 is 19.1 Å². The van der Waals surface area contributed by atoms with Crippen molar-refractivity contribution in [1.29, 1.82) is 0 Å². The first kappa shape index (κ1) is 24.5. The van der Waals surface area contributed by atoms with Crippen LogP contribution < -0.4 is 4.74 Å². The van der Waals surface area contributed by atoms with Crippen LogP contribution in [0.3, 0.4) is 0 Å². The summed E-state index contributed by atoms with van der Waals surface area (Å²) < 4.78 is 11.0. The average Bonchev–Trinajstić information content (AvgIpc) is 3.33. The van der Waals surface area contributed by atoms with E-state index in [4.69, 9.17) is 14.5 Å². The molecule has 2 amide bonds. The van der Waals surface area contributed by atoms with E-state index < -0.39 is 5.60 Å². The molecule has 2 aromatic rings. The van der Waals surface area contributed by atoms with Gasteiger partial charge in [0.15, 0.2) is 0 Å². The van der Waals surface area contributed by atoms with E-state index >= 15 is 0 Å². The van der Waals surface area contributed by atoms with Gasteiger partial charge in [-0.2, -0.15) is 0 Å². The maximum absolute atomic E-state index is 13.1. The maximum atomic E-state index is 13.1. The van der Waals surface area contributed by atoms with E-state index in [0.29, 0.717) is 24.7 Å². The first-order valence-electron chi connectivity index (χ1n) is 12.1. The number of ether oxygens (including phenoxy) is 2. The van der Waals surface area contributed by atoms with Gasteiger partial charge >= 0.3 is 6.09 Å². The van der Waals surface area contributed by atoms with Crippen molar-refractivity contribution in [1.82, 2.24) is 14.8 Å². The van der Waals surface area contributed by atoms with Gasteiger partial charge in [0.25, 0.3) is 5.91 Å². The number of nitrogens with zero attached hydrogens (tertiary/aromatic N) is 3. The third kappa shape index (κ3) is 5.71. The van der Waals surface area contributed by atoms with Crippen LogP contribution in [-0.4, -0.2) is 65.7 Å². The predicted molar refractivity (Wildman–Crippen MR) is 133 cm³/mol. The minimum absolute atomic E-state index is 0.0205. The number of rotatable bonds is 4. The van der Waals surface area contributed by atoms with Crippen LogP contribution in [0, 0.1) is 0 Å². The highest BCUT2D eigenvalue weighted by Gasteiger charge is 2.31. The van der Waals surface area contributed by atoms with Gasteiger partial charge in [-0.15, -0.1) is 11.3 Å². The van der Waals surface area contributed by atoms with Gasteiger partial charge in [-0.25, -0.2) is 9.78 Å². The largest absolute Gasteiger partial charge is 0.496 e. The number of para-hydroxylation sites is 1. The summed E-state index contributed by atoms with van der Waals surface area (Å²) in [5, 5.41) is 2.89. The molecule has 7 nitrogen and oxygen atoms in total. The number of carbonyl (C=O) groups is 2. The van der Waals surface area contributed by atoms with Crippen LogP contribution >= 0.6 is 11.3 Å². The van der Waals surface area contributed by atoms with Crippen LogP contribution in [0.5, 0.6) is 5.75 Å². The fourth-order valence-electron chi connectivity index (χ4n) is 4.77. The monoisotopic (exact) mass is 485 g/mol. The van der Waals surface area contributed by atoms with Crippen molar-refractivity contribution in [3.63, 3.8) is 0 Å². The number of aromatic nitrogens is 1. The van der Waals surface area contributed by atoms with E-state index in [-0.39, 0.29) is 17.9 Å². The van der Waals surface area contributed by atoms with Crippen molar-refractivity contribution in [2.45, 2.75) is 63.9 Å². The lowest BCUT2D eigenvalue weighted by molar-refractivity contribution is 0.0204. The number of methoxy groups -OCH3 is 1. The summed E-state index contributed by atoms with van der Waals surface area (Å²) >= 11 is 1.56. The Hall–Kier alpha value is -2.61. The first-order valence-corrected chi connectivity index (χ1v) is 13.0. The molecule has 3 heterocycles. The SMILES string of the molecule is COc1ccccc1C1CCN(C(=O)c2csc(C3CCN(C(=O)OC(C)(C)C)CC3)n2)CC1. The minimum atomic E-state index is -0.486. The molecule has 0 atom stereocenters.